The standard InChI is InChI=1S/C14H23N5O9/c15-6(1-2-9(16)21)12(25)19-8(5-20)13(26)17-4-10(22)18-7(14(27)28)3-11(23)24/h6-8,20H,1-5,15H2,(H2,16,21)(H,17,26)(H,18,22)(H,19,25)(H,23,24)(H,27,28). The summed E-state index contributed by atoms with van der Waals surface area (Å²) in [4.78, 5) is 67.4. The van der Waals surface area contributed by atoms with E-state index in [9.17, 15) is 33.9 Å². The molecule has 14 nitrogen and oxygen atoms in total. The van der Waals surface area contributed by atoms with Gasteiger partial charge in [0, 0.05) is 6.42 Å². The Kier molecular flexibility index (Phi) is 10.8. The number of rotatable bonds is 13. The molecule has 3 unspecified atom stereocenters. The molecule has 0 rings (SSSR count). The molecule has 0 saturated heterocycles. The molecule has 0 bridgehead atoms. The zero-order chi connectivity index (χ0) is 21.9. The predicted octanol–water partition coefficient (Wildman–Crippen LogP) is -4.78. The lowest BCUT2D eigenvalue weighted by atomic mass is 10.1. The molecular formula is C14H23N5O9. The van der Waals surface area contributed by atoms with Crippen molar-refractivity contribution in [2.45, 2.75) is 37.4 Å². The van der Waals surface area contributed by atoms with Gasteiger partial charge in [0.05, 0.1) is 25.6 Å². The number of carboxylic acids is 2. The van der Waals surface area contributed by atoms with Gasteiger partial charge >= 0.3 is 11.9 Å². The molecular weight excluding hydrogens is 382 g/mol. The van der Waals surface area contributed by atoms with Gasteiger partial charge in [-0.1, -0.05) is 0 Å². The Labute approximate surface area is 158 Å². The van der Waals surface area contributed by atoms with Crippen LogP contribution in [0.2, 0.25) is 0 Å². The van der Waals surface area contributed by atoms with Gasteiger partial charge in [-0.25, -0.2) is 4.79 Å². The summed E-state index contributed by atoms with van der Waals surface area (Å²) in [5.74, 6) is -6.51. The molecule has 4 amide bonds. The number of primary amides is 1. The number of carboxylic acid groups (broad SMARTS) is 2. The molecule has 0 spiro atoms. The van der Waals surface area contributed by atoms with E-state index in [1.165, 1.54) is 0 Å². The third kappa shape index (κ3) is 10.0. The molecule has 158 valence electrons. The van der Waals surface area contributed by atoms with Gasteiger partial charge in [0.2, 0.25) is 23.6 Å². The fourth-order valence-electron chi connectivity index (χ4n) is 1.81. The normalized spacial score (nSPS) is 13.5. The van der Waals surface area contributed by atoms with Crippen LogP contribution in [0.5, 0.6) is 0 Å². The molecule has 28 heavy (non-hydrogen) atoms. The average molecular weight is 405 g/mol. The summed E-state index contributed by atoms with van der Waals surface area (Å²) in [6.07, 6.45) is -1.11. The largest absolute Gasteiger partial charge is 0.481 e. The summed E-state index contributed by atoms with van der Waals surface area (Å²) in [5.41, 5.74) is 10.4. The average Bonchev–Trinajstić information content (AvgIpc) is 2.60. The Morgan fingerprint density at radius 2 is 1.54 bits per heavy atom. The molecule has 0 radical (unpaired) electrons. The van der Waals surface area contributed by atoms with Crippen LogP contribution in [-0.2, 0) is 28.8 Å². The number of carbonyl (C=O) groups is 6. The molecule has 0 heterocycles. The van der Waals surface area contributed by atoms with E-state index in [4.69, 9.17) is 21.7 Å². The second kappa shape index (κ2) is 12.2. The summed E-state index contributed by atoms with van der Waals surface area (Å²) in [7, 11) is 0. The van der Waals surface area contributed by atoms with Crippen LogP contribution in [0.15, 0.2) is 0 Å². The molecule has 0 aromatic heterocycles. The van der Waals surface area contributed by atoms with E-state index in [1.807, 2.05) is 10.6 Å². The maximum absolute atomic E-state index is 11.9. The highest BCUT2D eigenvalue weighted by molar-refractivity contribution is 5.93. The lowest BCUT2D eigenvalue weighted by molar-refractivity contribution is -0.147. The quantitative estimate of drug-likeness (QED) is 0.145. The van der Waals surface area contributed by atoms with E-state index in [1.54, 1.807) is 0 Å². The van der Waals surface area contributed by atoms with Crippen molar-refractivity contribution in [1.82, 2.24) is 16.0 Å². The fourth-order valence-corrected chi connectivity index (χ4v) is 1.81. The first kappa shape index (κ1) is 24.7. The van der Waals surface area contributed by atoms with Gasteiger partial charge in [0.15, 0.2) is 0 Å². The highest BCUT2D eigenvalue weighted by atomic mass is 16.4. The number of carbonyl (C=O) groups excluding carboxylic acids is 4. The minimum Gasteiger partial charge on any atom is -0.481 e. The Bertz CT molecular complexity index is 624. The minimum atomic E-state index is -1.70. The minimum absolute atomic E-state index is 0.0799. The third-order valence-corrected chi connectivity index (χ3v) is 3.29. The van der Waals surface area contributed by atoms with Crippen molar-refractivity contribution in [2.75, 3.05) is 13.2 Å². The molecule has 0 aliphatic rings. The first-order valence-corrected chi connectivity index (χ1v) is 7.94. The van der Waals surface area contributed by atoms with Crippen LogP contribution in [0.25, 0.3) is 0 Å². The molecule has 10 N–H and O–H groups in total. The molecule has 0 fully saturated rings. The second-order valence-electron chi connectivity index (χ2n) is 5.63. The lowest BCUT2D eigenvalue weighted by Gasteiger charge is -2.19. The maximum atomic E-state index is 11.9. The van der Waals surface area contributed by atoms with E-state index in [2.05, 4.69) is 5.32 Å². The van der Waals surface area contributed by atoms with Crippen LogP contribution < -0.4 is 27.4 Å². The molecule has 14 heteroatoms. The number of hydrogen-bond acceptors (Lipinski definition) is 8. The molecule has 3 atom stereocenters. The van der Waals surface area contributed by atoms with Gasteiger partial charge in [-0.15, -0.1) is 0 Å². The summed E-state index contributed by atoms with van der Waals surface area (Å²) >= 11 is 0. The second-order valence-corrected chi connectivity index (χ2v) is 5.63. The molecule has 0 aliphatic heterocycles. The molecule has 0 aliphatic carbocycles. The van der Waals surface area contributed by atoms with Gasteiger partial charge in [0.1, 0.15) is 12.1 Å². The van der Waals surface area contributed by atoms with Gasteiger partial charge in [-0.2, -0.15) is 0 Å². The fraction of sp³-hybridized carbons (Fsp3) is 0.571. The van der Waals surface area contributed by atoms with Crippen molar-refractivity contribution in [3.05, 3.63) is 0 Å². The summed E-state index contributed by atoms with van der Waals surface area (Å²) < 4.78 is 0. The molecule has 0 aromatic rings. The predicted molar refractivity (Wildman–Crippen MR) is 90.2 cm³/mol. The molecule has 0 aromatic carbocycles. The van der Waals surface area contributed by atoms with Gasteiger partial charge in [-0.05, 0) is 6.42 Å². The third-order valence-electron chi connectivity index (χ3n) is 3.29. The Morgan fingerprint density at radius 1 is 0.929 bits per heavy atom. The van der Waals surface area contributed by atoms with E-state index in [-0.39, 0.29) is 12.8 Å². The highest BCUT2D eigenvalue weighted by Gasteiger charge is 2.25. The monoisotopic (exact) mass is 405 g/mol. The van der Waals surface area contributed by atoms with E-state index in [0.717, 1.165) is 0 Å². The zero-order valence-electron chi connectivity index (χ0n) is 14.7. The van der Waals surface area contributed by atoms with Crippen molar-refractivity contribution in [3.8, 4) is 0 Å². The van der Waals surface area contributed by atoms with Crippen molar-refractivity contribution in [2.24, 2.45) is 11.5 Å². The van der Waals surface area contributed by atoms with E-state index in [0.29, 0.717) is 0 Å². The first-order chi connectivity index (χ1) is 13.0. The zero-order valence-corrected chi connectivity index (χ0v) is 14.7. The number of amides is 4. The van der Waals surface area contributed by atoms with Gasteiger partial charge in [-0.3, -0.25) is 24.0 Å². The Morgan fingerprint density at radius 3 is 2.00 bits per heavy atom. The van der Waals surface area contributed by atoms with Crippen LogP contribution in [-0.4, -0.2) is 82.2 Å². The number of aliphatic hydroxyl groups excluding tert-OH is 1. The number of nitrogens with two attached hydrogens (primary N) is 2. The Balaban J connectivity index is 4.58. The number of hydrogen-bond donors (Lipinski definition) is 8. The van der Waals surface area contributed by atoms with Crippen molar-refractivity contribution in [3.63, 3.8) is 0 Å². The highest BCUT2D eigenvalue weighted by Crippen LogP contribution is 1.96. The van der Waals surface area contributed by atoms with Crippen LogP contribution in [0.3, 0.4) is 0 Å². The number of nitrogens with one attached hydrogen (secondary N) is 3. The van der Waals surface area contributed by atoms with Crippen LogP contribution >= 0.6 is 0 Å². The van der Waals surface area contributed by atoms with Gasteiger partial charge in [0.25, 0.3) is 0 Å². The SMILES string of the molecule is NC(=O)CCC(N)C(=O)NC(CO)C(=O)NCC(=O)NC(CC(=O)O)C(=O)O. The van der Waals surface area contributed by atoms with Crippen LogP contribution in [0.4, 0.5) is 0 Å². The van der Waals surface area contributed by atoms with Crippen molar-refractivity contribution < 1.29 is 44.1 Å². The maximum Gasteiger partial charge on any atom is 0.326 e. The van der Waals surface area contributed by atoms with Gasteiger partial charge < -0.3 is 42.7 Å². The number of aliphatic hydroxyl groups is 1. The summed E-state index contributed by atoms with van der Waals surface area (Å²) in [5, 5.41) is 32.6. The molecule has 0 saturated carbocycles. The Hall–Kier alpha value is -3.26. The van der Waals surface area contributed by atoms with Crippen molar-refractivity contribution in [1.29, 1.82) is 0 Å². The summed E-state index contributed by atoms with van der Waals surface area (Å²) in [6, 6.07) is -4.32. The van der Waals surface area contributed by atoms with E-state index >= 15 is 0 Å². The topological polar surface area (TPSA) is 251 Å². The van der Waals surface area contributed by atoms with E-state index < -0.39 is 73.3 Å². The first-order valence-electron chi connectivity index (χ1n) is 7.94. The summed E-state index contributed by atoms with van der Waals surface area (Å²) in [6.45, 7) is -1.57. The lowest BCUT2D eigenvalue weighted by Crippen LogP contribution is -2.55. The smallest absolute Gasteiger partial charge is 0.326 e. The van der Waals surface area contributed by atoms with Crippen LogP contribution in [0, 0.1) is 0 Å². The van der Waals surface area contributed by atoms with Crippen LogP contribution in [0.1, 0.15) is 19.3 Å². The number of aliphatic carboxylic acids is 2. The van der Waals surface area contributed by atoms with Crippen molar-refractivity contribution >= 4 is 35.6 Å².